The van der Waals surface area contributed by atoms with E-state index in [1.807, 2.05) is 0 Å². The van der Waals surface area contributed by atoms with Crippen molar-refractivity contribution in [2.45, 2.75) is 43.5 Å². The Morgan fingerprint density at radius 3 is 2.83 bits per heavy atom. The number of amides is 1. The summed E-state index contributed by atoms with van der Waals surface area (Å²) in [5.41, 5.74) is 0.516. The third-order valence-electron chi connectivity index (χ3n) is 3.62. The normalized spacial score (nSPS) is 23.7. The zero-order valence-electron chi connectivity index (χ0n) is 10.4. The highest BCUT2D eigenvalue weighted by atomic mass is 35.5. The molecule has 0 radical (unpaired) electrons. The predicted octanol–water partition coefficient (Wildman–Crippen LogP) is 3.94. The molecule has 1 aliphatic rings. The molecule has 1 saturated carbocycles. The standard InChI is InChI=1S/C14H18ClNOS/c1-9-4-2-3-5-13(9)16-14(17)11-8-10(18)6-7-12(11)15/h6-9,13,18H,2-5H2,1H3,(H,16,17). The molecule has 2 unspecified atom stereocenters. The van der Waals surface area contributed by atoms with E-state index in [1.54, 1.807) is 18.2 Å². The number of benzene rings is 1. The van der Waals surface area contributed by atoms with Crippen LogP contribution in [0.2, 0.25) is 5.02 Å². The minimum atomic E-state index is -0.0883. The molecule has 1 aromatic rings. The molecule has 0 aromatic heterocycles. The summed E-state index contributed by atoms with van der Waals surface area (Å²) in [4.78, 5) is 13.0. The van der Waals surface area contributed by atoms with Gasteiger partial charge in [-0.2, -0.15) is 0 Å². The van der Waals surface area contributed by atoms with Gasteiger partial charge >= 0.3 is 0 Å². The zero-order valence-corrected chi connectivity index (χ0v) is 12.1. The molecule has 98 valence electrons. The minimum absolute atomic E-state index is 0.0883. The topological polar surface area (TPSA) is 29.1 Å². The van der Waals surface area contributed by atoms with Gasteiger partial charge in [-0.15, -0.1) is 12.6 Å². The smallest absolute Gasteiger partial charge is 0.253 e. The van der Waals surface area contributed by atoms with Crippen LogP contribution >= 0.6 is 24.2 Å². The molecule has 2 rings (SSSR count). The fourth-order valence-corrected chi connectivity index (χ4v) is 2.87. The van der Waals surface area contributed by atoms with Crippen molar-refractivity contribution < 1.29 is 4.79 Å². The predicted molar refractivity (Wildman–Crippen MR) is 77.6 cm³/mol. The fourth-order valence-electron chi connectivity index (χ4n) is 2.46. The van der Waals surface area contributed by atoms with Crippen LogP contribution in [-0.4, -0.2) is 11.9 Å². The monoisotopic (exact) mass is 283 g/mol. The SMILES string of the molecule is CC1CCCCC1NC(=O)c1cc(S)ccc1Cl. The van der Waals surface area contributed by atoms with E-state index >= 15 is 0 Å². The Morgan fingerprint density at radius 2 is 2.11 bits per heavy atom. The lowest BCUT2D eigenvalue weighted by Crippen LogP contribution is -2.41. The maximum Gasteiger partial charge on any atom is 0.253 e. The fraction of sp³-hybridized carbons (Fsp3) is 0.500. The number of carbonyl (C=O) groups is 1. The minimum Gasteiger partial charge on any atom is -0.349 e. The second-order valence-corrected chi connectivity index (χ2v) is 5.93. The van der Waals surface area contributed by atoms with E-state index in [0.717, 1.165) is 11.3 Å². The van der Waals surface area contributed by atoms with Crippen molar-refractivity contribution in [3.63, 3.8) is 0 Å². The summed E-state index contributed by atoms with van der Waals surface area (Å²) < 4.78 is 0. The van der Waals surface area contributed by atoms with E-state index in [9.17, 15) is 4.79 Å². The van der Waals surface area contributed by atoms with Crippen molar-refractivity contribution in [3.05, 3.63) is 28.8 Å². The molecule has 18 heavy (non-hydrogen) atoms. The van der Waals surface area contributed by atoms with Gasteiger partial charge in [-0.25, -0.2) is 0 Å². The van der Waals surface area contributed by atoms with Gasteiger partial charge in [-0.1, -0.05) is 31.4 Å². The first-order valence-electron chi connectivity index (χ1n) is 6.37. The summed E-state index contributed by atoms with van der Waals surface area (Å²) in [5.74, 6) is 0.454. The largest absolute Gasteiger partial charge is 0.349 e. The quantitative estimate of drug-likeness (QED) is 0.791. The van der Waals surface area contributed by atoms with Gasteiger partial charge in [0.1, 0.15) is 0 Å². The van der Waals surface area contributed by atoms with Crippen LogP contribution in [0.1, 0.15) is 43.0 Å². The third-order valence-corrected chi connectivity index (χ3v) is 4.23. The summed E-state index contributed by atoms with van der Waals surface area (Å²) in [5, 5.41) is 3.58. The number of halogens is 1. The van der Waals surface area contributed by atoms with E-state index < -0.39 is 0 Å². The Labute approximate surface area is 119 Å². The highest BCUT2D eigenvalue weighted by Crippen LogP contribution is 2.25. The van der Waals surface area contributed by atoms with Gasteiger partial charge in [0.25, 0.3) is 5.91 Å². The molecule has 0 aliphatic heterocycles. The number of nitrogens with one attached hydrogen (secondary N) is 1. The second-order valence-electron chi connectivity index (χ2n) is 5.01. The lowest BCUT2D eigenvalue weighted by Gasteiger charge is -2.29. The highest BCUT2D eigenvalue weighted by molar-refractivity contribution is 7.80. The Kier molecular flexibility index (Phi) is 4.57. The van der Waals surface area contributed by atoms with Gasteiger partial charge in [0.05, 0.1) is 10.6 Å². The molecule has 1 aromatic carbocycles. The average molecular weight is 284 g/mol. The Balaban J connectivity index is 2.09. The number of thiol groups is 1. The summed E-state index contributed by atoms with van der Waals surface area (Å²) in [6, 6.07) is 5.48. The van der Waals surface area contributed by atoms with Gasteiger partial charge in [-0.3, -0.25) is 4.79 Å². The molecule has 1 aliphatic carbocycles. The van der Waals surface area contributed by atoms with Crippen molar-refractivity contribution in [1.29, 1.82) is 0 Å². The molecule has 2 nitrogen and oxygen atoms in total. The summed E-state index contributed by atoms with van der Waals surface area (Å²) in [7, 11) is 0. The molecule has 0 heterocycles. The van der Waals surface area contributed by atoms with Crippen molar-refractivity contribution in [2.24, 2.45) is 5.92 Å². The second kappa shape index (κ2) is 5.98. The molecule has 1 N–H and O–H groups in total. The van der Waals surface area contributed by atoms with Gasteiger partial charge in [0, 0.05) is 10.9 Å². The molecule has 0 bridgehead atoms. The summed E-state index contributed by atoms with van der Waals surface area (Å²) in [6.07, 6.45) is 4.70. The molecule has 2 atom stereocenters. The van der Waals surface area contributed by atoms with Crippen molar-refractivity contribution in [3.8, 4) is 0 Å². The van der Waals surface area contributed by atoms with Crippen molar-refractivity contribution in [2.75, 3.05) is 0 Å². The van der Waals surface area contributed by atoms with Crippen LogP contribution in [0, 0.1) is 5.92 Å². The molecule has 0 saturated heterocycles. The van der Waals surface area contributed by atoms with E-state index in [0.29, 0.717) is 16.5 Å². The Bertz CT molecular complexity index is 449. The lowest BCUT2D eigenvalue weighted by atomic mass is 9.86. The first-order valence-corrected chi connectivity index (χ1v) is 7.20. The molecule has 1 amide bonds. The molecule has 1 fully saturated rings. The van der Waals surface area contributed by atoms with Crippen LogP contribution in [0.3, 0.4) is 0 Å². The number of hydrogen-bond donors (Lipinski definition) is 2. The van der Waals surface area contributed by atoms with Crippen LogP contribution in [0.25, 0.3) is 0 Å². The number of rotatable bonds is 2. The van der Waals surface area contributed by atoms with Crippen LogP contribution in [-0.2, 0) is 0 Å². The maximum atomic E-state index is 12.2. The van der Waals surface area contributed by atoms with Gasteiger partial charge < -0.3 is 5.32 Å². The maximum absolute atomic E-state index is 12.2. The lowest BCUT2D eigenvalue weighted by molar-refractivity contribution is 0.0910. The van der Waals surface area contributed by atoms with Gasteiger partial charge in [0.2, 0.25) is 0 Å². The van der Waals surface area contributed by atoms with Crippen LogP contribution in [0.4, 0.5) is 0 Å². The van der Waals surface area contributed by atoms with Crippen molar-refractivity contribution >= 4 is 30.1 Å². The van der Waals surface area contributed by atoms with E-state index in [1.165, 1.54) is 19.3 Å². The molecule has 4 heteroatoms. The zero-order chi connectivity index (χ0) is 13.1. The molecular formula is C14H18ClNOS. The van der Waals surface area contributed by atoms with E-state index in [-0.39, 0.29) is 11.9 Å². The average Bonchev–Trinajstić information content (AvgIpc) is 2.35. The highest BCUT2D eigenvalue weighted by Gasteiger charge is 2.23. The Morgan fingerprint density at radius 1 is 1.39 bits per heavy atom. The van der Waals surface area contributed by atoms with Crippen LogP contribution in [0.5, 0.6) is 0 Å². The van der Waals surface area contributed by atoms with E-state index in [2.05, 4.69) is 24.9 Å². The summed E-state index contributed by atoms with van der Waals surface area (Å²) in [6.45, 7) is 2.20. The number of carbonyl (C=O) groups excluding carboxylic acids is 1. The first kappa shape index (κ1) is 13.8. The van der Waals surface area contributed by atoms with Gasteiger partial charge in [0.15, 0.2) is 0 Å². The molecular weight excluding hydrogens is 266 g/mol. The first-order chi connectivity index (χ1) is 8.58. The van der Waals surface area contributed by atoms with Crippen LogP contribution in [0.15, 0.2) is 23.1 Å². The number of hydrogen-bond acceptors (Lipinski definition) is 2. The third kappa shape index (κ3) is 3.21. The molecule has 0 spiro atoms. The van der Waals surface area contributed by atoms with Crippen LogP contribution < -0.4 is 5.32 Å². The summed E-state index contributed by atoms with van der Waals surface area (Å²) >= 11 is 10.3. The Hall–Kier alpha value is -0.670. The van der Waals surface area contributed by atoms with E-state index in [4.69, 9.17) is 11.6 Å². The van der Waals surface area contributed by atoms with Gasteiger partial charge in [-0.05, 0) is 37.0 Å². The van der Waals surface area contributed by atoms with Crippen molar-refractivity contribution in [1.82, 2.24) is 5.32 Å².